The van der Waals surface area contributed by atoms with Crippen molar-refractivity contribution in [2.75, 3.05) is 0 Å². The topological polar surface area (TPSA) is 40.7 Å². The van der Waals surface area contributed by atoms with Crippen molar-refractivity contribution in [2.45, 2.75) is 44.4 Å². The lowest BCUT2D eigenvalue weighted by molar-refractivity contribution is -0.137. The van der Waals surface area contributed by atoms with Crippen LogP contribution in [0.15, 0.2) is 18.2 Å². The van der Waals surface area contributed by atoms with Crippen LogP contribution in [0.5, 0.6) is 0 Å². The SMILES string of the molecule is FC(F)(F)c1ccc2nc(CNC3CCCC3)[nH]c2c1. The van der Waals surface area contributed by atoms with E-state index >= 15 is 0 Å². The molecule has 0 aliphatic heterocycles. The van der Waals surface area contributed by atoms with Crippen LogP contribution in [0, 0.1) is 0 Å². The third-order valence-corrected chi connectivity index (χ3v) is 3.77. The maximum Gasteiger partial charge on any atom is 0.416 e. The molecule has 3 rings (SSSR count). The summed E-state index contributed by atoms with van der Waals surface area (Å²) in [7, 11) is 0. The number of halogens is 3. The molecule has 1 aliphatic carbocycles. The van der Waals surface area contributed by atoms with Crippen molar-refractivity contribution < 1.29 is 13.2 Å². The van der Waals surface area contributed by atoms with Crippen molar-refractivity contribution >= 4 is 11.0 Å². The minimum Gasteiger partial charge on any atom is -0.341 e. The van der Waals surface area contributed by atoms with Crippen molar-refractivity contribution in [1.29, 1.82) is 0 Å². The second-order valence-electron chi connectivity index (χ2n) is 5.28. The maximum absolute atomic E-state index is 12.6. The number of H-pyrrole nitrogens is 1. The number of nitrogens with one attached hydrogen (secondary N) is 2. The van der Waals surface area contributed by atoms with Crippen LogP contribution in [-0.4, -0.2) is 16.0 Å². The quantitative estimate of drug-likeness (QED) is 0.903. The van der Waals surface area contributed by atoms with Crippen LogP contribution < -0.4 is 5.32 Å². The zero-order valence-electron chi connectivity index (χ0n) is 10.9. The summed E-state index contributed by atoms with van der Waals surface area (Å²) < 4.78 is 37.9. The number of fused-ring (bicyclic) bond motifs is 1. The van der Waals surface area contributed by atoms with E-state index in [9.17, 15) is 13.2 Å². The molecule has 0 radical (unpaired) electrons. The molecule has 0 unspecified atom stereocenters. The Morgan fingerprint density at radius 3 is 2.70 bits per heavy atom. The Hall–Kier alpha value is -1.56. The largest absolute Gasteiger partial charge is 0.416 e. The second-order valence-corrected chi connectivity index (χ2v) is 5.28. The molecule has 20 heavy (non-hydrogen) atoms. The molecule has 6 heteroatoms. The number of rotatable bonds is 3. The molecule has 1 fully saturated rings. The van der Waals surface area contributed by atoms with E-state index in [0.717, 1.165) is 12.1 Å². The summed E-state index contributed by atoms with van der Waals surface area (Å²) in [5.41, 5.74) is 0.355. The first-order valence-corrected chi connectivity index (χ1v) is 6.81. The Morgan fingerprint density at radius 2 is 2.00 bits per heavy atom. The predicted molar refractivity (Wildman–Crippen MR) is 70.2 cm³/mol. The van der Waals surface area contributed by atoms with Gasteiger partial charge in [0.05, 0.1) is 23.1 Å². The molecule has 0 atom stereocenters. The lowest BCUT2D eigenvalue weighted by Crippen LogP contribution is -2.25. The Morgan fingerprint density at radius 1 is 1.25 bits per heavy atom. The average molecular weight is 283 g/mol. The van der Waals surface area contributed by atoms with E-state index in [0.29, 0.717) is 29.4 Å². The van der Waals surface area contributed by atoms with Crippen LogP contribution in [-0.2, 0) is 12.7 Å². The third kappa shape index (κ3) is 2.80. The number of hydrogen-bond acceptors (Lipinski definition) is 2. The fourth-order valence-electron chi connectivity index (χ4n) is 2.69. The number of aromatic nitrogens is 2. The first kappa shape index (κ1) is 13.4. The van der Waals surface area contributed by atoms with Crippen molar-refractivity contribution in [3.05, 3.63) is 29.6 Å². The van der Waals surface area contributed by atoms with E-state index in [1.54, 1.807) is 0 Å². The number of alkyl halides is 3. The first-order valence-electron chi connectivity index (χ1n) is 6.81. The van der Waals surface area contributed by atoms with E-state index in [1.807, 2.05) is 0 Å². The highest BCUT2D eigenvalue weighted by Gasteiger charge is 2.30. The summed E-state index contributed by atoms with van der Waals surface area (Å²) in [5, 5.41) is 3.39. The summed E-state index contributed by atoms with van der Waals surface area (Å²) in [6.45, 7) is 0.570. The lowest BCUT2D eigenvalue weighted by atomic mass is 10.2. The zero-order chi connectivity index (χ0) is 14.2. The van der Waals surface area contributed by atoms with Crippen molar-refractivity contribution in [2.24, 2.45) is 0 Å². The molecule has 1 saturated carbocycles. The van der Waals surface area contributed by atoms with Gasteiger partial charge in [0.15, 0.2) is 0 Å². The molecule has 2 aromatic rings. The van der Waals surface area contributed by atoms with Gasteiger partial charge in [-0.05, 0) is 31.0 Å². The fourth-order valence-corrected chi connectivity index (χ4v) is 2.69. The van der Waals surface area contributed by atoms with Gasteiger partial charge in [-0.1, -0.05) is 12.8 Å². The van der Waals surface area contributed by atoms with E-state index in [-0.39, 0.29) is 0 Å². The van der Waals surface area contributed by atoms with Gasteiger partial charge in [0.25, 0.3) is 0 Å². The molecule has 1 aromatic heterocycles. The Bertz CT molecular complexity index is 597. The summed E-state index contributed by atoms with van der Waals surface area (Å²) in [6.07, 6.45) is 0.498. The highest BCUT2D eigenvalue weighted by atomic mass is 19.4. The average Bonchev–Trinajstić information content (AvgIpc) is 3.03. The molecule has 0 saturated heterocycles. The molecule has 1 heterocycles. The van der Waals surface area contributed by atoms with Gasteiger partial charge in [-0.15, -0.1) is 0 Å². The summed E-state index contributed by atoms with van der Waals surface area (Å²) in [5.74, 6) is 0.686. The Balaban J connectivity index is 1.76. The zero-order valence-corrected chi connectivity index (χ0v) is 10.9. The number of aromatic amines is 1. The van der Waals surface area contributed by atoms with Crippen LogP contribution in [0.25, 0.3) is 11.0 Å². The van der Waals surface area contributed by atoms with Gasteiger partial charge in [0.1, 0.15) is 5.82 Å². The van der Waals surface area contributed by atoms with Crippen molar-refractivity contribution in [3.63, 3.8) is 0 Å². The molecule has 0 bridgehead atoms. The molecule has 3 nitrogen and oxygen atoms in total. The molecule has 2 N–H and O–H groups in total. The highest BCUT2D eigenvalue weighted by Crippen LogP contribution is 2.30. The van der Waals surface area contributed by atoms with Gasteiger partial charge < -0.3 is 10.3 Å². The highest BCUT2D eigenvalue weighted by molar-refractivity contribution is 5.76. The first-order chi connectivity index (χ1) is 9.52. The molecule has 108 valence electrons. The minimum atomic E-state index is -4.32. The monoisotopic (exact) mass is 283 g/mol. The van der Waals surface area contributed by atoms with E-state index in [1.165, 1.54) is 31.7 Å². The molecule has 1 aromatic carbocycles. The van der Waals surface area contributed by atoms with E-state index in [4.69, 9.17) is 0 Å². The minimum absolute atomic E-state index is 0.433. The van der Waals surface area contributed by atoms with Gasteiger partial charge >= 0.3 is 6.18 Å². The van der Waals surface area contributed by atoms with Gasteiger partial charge in [0.2, 0.25) is 0 Å². The van der Waals surface area contributed by atoms with Crippen molar-refractivity contribution in [1.82, 2.24) is 15.3 Å². The van der Waals surface area contributed by atoms with Crippen LogP contribution in [0.1, 0.15) is 37.1 Å². The van der Waals surface area contributed by atoms with Crippen LogP contribution in [0.2, 0.25) is 0 Å². The lowest BCUT2D eigenvalue weighted by Gasteiger charge is -2.09. The third-order valence-electron chi connectivity index (χ3n) is 3.77. The molecule has 0 spiro atoms. The second kappa shape index (κ2) is 5.09. The normalized spacial score (nSPS) is 17.1. The molecule has 0 amide bonds. The van der Waals surface area contributed by atoms with Crippen LogP contribution >= 0.6 is 0 Å². The molecular formula is C14H16F3N3. The van der Waals surface area contributed by atoms with Gasteiger partial charge in [-0.25, -0.2) is 4.98 Å². The number of hydrogen-bond donors (Lipinski definition) is 2. The molecule has 1 aliphatic rings. The standard InChI is InChI=1S/C14H16F3N3/c15-14(16,17)9-5-6-11-12(7-9)20-13(19-11)8-18-10-3-1-2-4-10/h5-7,10,18H,1-4,8H2,(H,19,20). The number of benzene rings is 1. The fraction of sp³-hybridized carbons (Fsp3) is 0.500. The van der Waals surface area contributed by atoms with Crippen LogP contribution in [0.3, 0.4) is 0 Å². The predicted octanol–water partition coefficient (Wildman–Crippen LogP) is 3.61. The summed E-state index contributed by atoms with van der Waals surface area (Å²) in [4.78, 5) is 7.27. The van der Waals surface area contributed by atoms with Crippen molar-refractivity contribution in [3.8, 4) is 0 Å². The Kier molecular flexibility index (Phi) is 3.41. The molecular weight excluding hydrogens is 267 g/mol. The van der Waals surface area contributed by atoms with Gasteiger partial charge in [0, 0.05) is 6.04 Å². The summed E-state index contributed by atoms with van der Waals surface area (Å²) in [6, 6.07) is 4.10. The smallest absolute Gasteiger partial charge is 0.341 e. The number of nitrogens with zero attached hydrogens (tertiary/aromatic N) is 1. The van der Waals surface area contributed by atoms with Gasteiger partial charge in [-0.3, -0.25) is 0 Å². The summed E-state index contributed by atoms with van der Waals surface area (Å²) >= 11 is 0. The number of imidazole rings is 1. The maximum atomic E-state index is 12.6. The van der Waals surface area contributed by atoms with E-state index < -0.39 is 11.7 Å². The Labute approximate surface area is 114 Å². The van der Waals surface area contributed by atoms with Crippen LogP contribution in [0.4, 0.5) is 13.2 Å². The van der Waals surface area contributed by atoms with Gasteiger partial charge in [-0.2, -0.15) is 13.2 Å². The van der Waals surface area contributed by atoms with E-state index in [2.05, 4.69) is 15.3 Å².